The predicted octanol–water partition coefficient (Wildman–Crippen LogP) is 7.00. The molecular formula is C24H21F3N2O3S. The number of benzene rings is 2. The zero-order valence-electron chi connectivity index (χ0n) is 18.1. The lowest BCUT2D eigenvalue weighted by atomic mass is 10.1. The zero-order valence-corrected chi connectivity index (χ0v) is 19.0. The molecule has 5 nitrogen and oxygen atoms in total. The summed E-state index contributed by atoms with van der Waals surface area (Å²) in [5.74, 6) is 1.37. The van der Waals surface area contributed by atoms with Gasteiger partial charge in [0.05, 0.1) is 25.3 Å². The average molecular weight is 475 g/mol. The molecule has 0 radical (unpaired) electrons. The summed E-state index contributed by atoms with van der Waals surface area (Å²) in [7, 11) is 3.01. The number of alkyl halides is 3. The number of methoxy groups -OCH3 is 2. The molecule has 33 heavy (non-hydrogen) atoms. The van der Waals surface area contributed by atoms with Gasteiger partial charge in [-0.3, -0.25) is 0 Å². The third kappa shape index (κ3) is 5.48. The maximum atomic E-state index is 12.8. The Hall–Kier alpha value is -3.46. The monoisotopic (exact) mass is 474 g/mol. The number of hydrogen-bond acceptors (Lipinski definition) is 6. The highest BCUT2D eigenvalue weighted by molar-refractivity contribution is 7.99. The summed E-state index contributed by atoms with van der Waals surface area (Å²) in [6, 6.07) is 12.2. The summed E-state index contributed by atoms with van der Waals surface area (Å²) in [6.07, 6.45) is -1.13. The third-order valence-electron chi connectivity index (χ3n) is 4.56. The molecule has 0 spiro atoms. The zero-order chi connectivity index (χ0) is 24.0. The molecule has 0 saturated carbocycles. The van der Waals surface area contributed by atoms with Crippen molar-refractivity contribution >= 4 is 17.3 Å². The number of nitrogens with zero attached hydrogens (tertiary/aromatic N) is 2. The highest BCUT2D eigenvalue weighted by atomic mass is 32.2. The van der Waals surface area contributed by atoms with Gasteiger partial charge in [0, 0.05) is 9.79 Å². The van der Waals surface area contributed by atoms with Gasteiger partial charge in [0.2, 0.25) is 5.82 Å². The molecule has 0 atom stereocenters. The first-order valence-corrected chi connectivity index (χ1v) is 10.5. The van der Waals surface area contributed by atoms with Crippen LogP contribution in [0.4, 0.5) is 13.2 Å². The summed E-state index contributed by atoms with van der Waals surface area (Å²) in [6.45, 7) is 5.55. The van der Waals surface area contributed by atoms with E-state index in [4.69, 9.17) is 14.0 Å². The van der Waals surface area contributed by atoms with Gasteiger partial charge in [0.15, 0.2) is 0 Å². The lowest BCUT2D eigenvalue weighted by Gasteiger charge is -2.11. The van der Waals surface area contributed by atoms with Crippen molar-refractivity contribution in [3.05, 3.63) is 90.2 Å². The van der Waals surface area contributed by atoms with Crippen LogP contribution >= 0.6 is 11.8 Å². The van der Waals surface area contributed by atoms with E-state index in [-0.39, 0.29) is 11.7 Å². The minimum absolute atomic E-state index is 0.239. The molecule has 9 heteroatoms. The van der Waals surface area contributed by atoms with Gasteiger partial charge in [-0.05, 0) is 55.5 Å². The van der Waals surface area contributed by atoms with Crippen LogP contribution in [0, 0.1) is 0 Å². The van der Waals surface area contributed by atoms with Crippen LogP contribution in [0.5, 0.6) is 0 Å². The minimum Gasteiger partial charge on any atom is -0.496 e. The fraction of sp³-hybridized carbons (Fsp3) is 0.167. The lowest BCUT2D eigenvalue weighted by Crippen LogP contribution is -2.03. The summed E-state index contributed by atoms with van der Waals surface area (Å²) in [5.41, 5.74) is 0.410. The van der Waals surface area contributed by atoms with E-state index < -0.39 is 11.7 Å². The van der Waals surface area contributed by atoms with Crippen LogP contribution in [0.25, 0.3) is 17.0 Å². The van der Waals surface area contributed by atoms with Crippen LogP contribution in [0.1, 0.15) is 18.3 Å². The Balaban J connectivity index is 1.98. The van der Waals surface area contributed by atoms with E-state index in [1.165, 1.54) is 44.2 Å². The molecule has 1 aromatic heterocycles. The van der Waals surface area contributed by atoms with Crippen molar-refractivity contribution in [3.8, 4) is 11.5 Å². The maximum Gasteiger partial charge on any atom is 0.416 e. The Morgan fingerprint density at radius 1 is 1.06 bits per heavy atom. The molecule has 2 aromatic carbocycles. The Labute approximate surface area is 193 Å². The molecule has 0 unspecified atom stereocenters. The molecule has 0 amide bonds. The van der Waals surface area contributed by atoms with Crippen LogP contribution in [0.15, 0.2) is 93.1 Å². The number of aromatic nitrogens is 2. The second kappa shape index (κ2) is 10.4. The maximum absolute atomic E-state index is 12.8. The van der Waals surface area contributed by atoms with Gasteiger partial charge in [-0.15, -0.1) is 0 Å². The van der Waals surface area contributed by atoms with Crippen molar-refractivity contribution in [2.24, 2.45) is 0 Å². The fourth-order valence-electron chi connectivity index (χ4n) is 3.00. The number of ether oxygens (including phenoxy) is 2. The van der Waals surface area contributed by atoms with E-state index in [1.807, 2.05) is 18.2 Å². The van der Waals surface area contributed by atoms with Gasteiger partial charge in [-0.1, -0.05) is 35.6 Å². The van der Waals surface area contributed by atoms with E-state index in [1.54, 1.807) is 19.1 Å². The normalized spacial score (nSPS) is 12.8. The van der Waals surface area contributed by atoms with Crippen LogP contribution < -0.4 is 0 Å². The Morgan fingerprint density at radius 3 is 2.33 bits per heavy atom. The average Bonchev–Trinajstić information content (AvgIpc) is 3.29. The Bertz CT molecular complexity index is 1180. The first-order valence-electron chi connectivity index (χ1n) is 9.72. The fourth-order valence-corrected chi connectivity index (χ4v) is 3.94. The van der Waals surface area contributed by atoms with Gasteiger partial charge < -0.3 is 14.0 Å². The van der Waals surface area contributed by atoms with E-state index in [0.717, 1.165) is 17.0 Å². The topological polar surface area (TPSA) is 57.4 Å². The van der Waals surface area contributed by atoms with Crippen molar-refractivity contribution in [1.82, 2.24) is 10.1 Å². The van der Waals surface area contributed by atoms with Crippen molar-refractivity contribution in [2.75, 3.05) is 14.2 Å². The number of hydrogen-bond donors (Lipinski definition) is 0. The highest BCUT2D eigenvalue weighted by Crippen LogP contribution is 2.38. The van der Waals surface area contributed by atoms with Gasteiger partial charge >= 0.3 is 6.18 Å². The quantitative estimate of drug-likeness (QED) is 0.259. The second-order valence-corrected chi connectivity index (χ2v) is 7.66. The van der Waals surface area contributed by atoms with E-state index >= 15 is 0 Å². The largest absolute Gasteiger partial charge is 0.496 e. The molecule has 3 aromatic rings. The molecule has 0 bridgehead atoms. The summed E-state index contributed by atoms with van der Waals surface area (Å²) in [4.78, 5) is 5.90. The molecule has 1 heterocycles. The first-order chi connectivity index (χ1) is 15.8. The van der Waals surface area contributed by atoms with Crippen molar-refractivity contribution in [1.29, 1.82) is 0 Å². The van der Waals surface area contributed by atoms with Crippen LogP contribution in [0.2, 0.25) is 0 Å². The van der Waals surface area contributed by atoms with Gasteiger partial charge in [0.1, 0.15) is 17.1 Å². The number of allylic oxidation sites excluding steroid dienone is 3. The third-order valence-corrected chi connectivity index (χ3v) is 5.64. The summed E-state index contributed by atoms with van der Waals surface area (Å²) in [5, 5.41) is 4.09. The molecule has 0 aliphatic rings. The number of rotatable bonds is 8. The van der Waals surface area contributed by atoms with Crippen LogP contribution in [-0.4, -0.2) is 24.4 Å². The lowest BCUT2D eigenvalue weighted by molar-refractivity contribution is -0.137. The van der Waals surface area contributed by atoms with Crippen molar-refractivity contribution < 1.29 is 27.2 Å². The van der Waals surface area contributed by atoms with Crippen LogP contribution in [0.3, 0.4) is 0 Å². The van der Waals surface area contributed by atoms with E-state index in [2.05, 4.69) is 16.7 Å². The first kappa shape index (κ1) is 24.2. The molecule has 3 rings (SSSR count). The Morgan fingerprint density at radius 2 is 1.76 bits per heavy atom. The summed E-state index contributed by atoms with van der Waals surface area (Å²) < 4.78 is 54.9. The van der Waals surface area contributed by atoms with E-state index in [0.29, 0.717) is 27.6 Å². The smallest absolute Gasteiger partial charge is 0.416 e. The van der Waals surface area contributed by atoms with Gasteiger partial charge in [-0.25, -0.2) is 0 Å². The molecule has 0 saturated heterocycles. The molecule has 172 valence electrons. The standard InChI is InChI=1S/C24H21F3N2O3S/c1-5-18(30-3)21(19(6-2)31-4)22-28-23(32-29-22)17-9-7-8-10-20(17)33-16-13-11-15(12-14-16)24(25,26)27/h5-14H,1H2,2-4H3/b19-6+,21-18-. The molecule has 0 aliphatic heterocycles. The predicted molar refractivity (Wildman–Crippen MR) is 120 cm³/mol. The second-order valence-electron chi connectivity index (χ2n) is 6.55. The van der Waals surface area contributed by atoms with E-state index in [9.17, 15) is 13.2 Å². The highest BCUT2D eigenvalue weighted by Gasteiger charge is 2.30. The molecule has 0 N–H and O–H groups in total. The minimum atomic E-state index is -4.38. The molecule has 0 fully saturated rings. The molecule has 0 aliphatic carbocycles. The van der Waals surface area contributed by atoms with Crippen LogP contribution in [-0.2, 0) is 15.7 Å². The van der Waals surface area contributed by atoms with Crippen molar-refractivity contribution in [3.63, 3.8) is 0 Å². The number of halogens is 3. The SMILES string of the molecule is C=C/C(OC)=C(\C(=C/C)OC)c1noc(-c2ccccc2Sc2ccc(C(F)(F)F)cc2)n1. The molecular weight excluding hydrogens is 453 g/mol. The van der Waals surface area contributed by atoms with Gasteiger partial charge in [-0.2, -0.15) is 18.2 Å². The summed E-state index contributed by atoms with van der Waals surface area (Å²) >= 11 is 1.29. The van der Waals surface area contributed by atoms with Crippen molar-refractivity contribution in [2.45, 2.75) is 22.9 Å². The Kier molecular flexibility index (Phi) is 7.65. The van der Waals surface area contributed by atoms with Gasteiger partial charge in [0.25, 0.3) is 5.89 Å².